The lowest BCUT2D eigenvalue weighted by Crippen LogP contribution is -2.32. The molecule has 4 aromatic carbocycles. The maximum absolute atomic E-state index is 13.6. The van der Waals surface area contributed by atoms with Crippen molar-refractivity contribution in [2.45, 2.75) is 31.3 Å². The third-order valence-electron chi connectivity index (χ3n) is 9.66. The first-order chi connectivity index (χ1) is 25.8. The largest absolute Gasteiger partial charge is 0.493 e. The van der Waals surface area contributed by atoms with E-state index in [9.17, 15) is 18.4 Å². The van der Waals surface area contributed by atoms with Gasteiger partial charge in [-0.3, -0.25) is 19.6 Å². The average molecular weight is 717 g/mol. The Morgan fingerprint density at radius 3 is 1.43 bits per heavy atom. The molecule has 2 amide bonds. The van der Waals surface area contributed by atoms with E-state index in [-0.39, 0.29) is 48.7 Å². The Balaban J connectivity index is 0.913. The molecule has 268 valence electrons. The highest BCUT2D eigenvalue weighted by Gasteiger charge is 2.35. The molecule has 0 spiro atoms. The van der Waals surface area contributed by atoms with Gasteiger partial charge in [0.05, 0.1) is 62.0 Å². The zero-order valence-corrected chi connectivity index (χ0v) is 28.9. The monoisotopic (exact) mass is 716 g/mol. The van der Waals surface area contributed by atoms with Crippen molar-refractivity contribution in [1.29, 1.82) is 0 Å². The van der Waals surface area contributed by atoms with Crippen LogP contribution in [0.15, 0.2) is 95.2 Å². The number of halogens is 2. The molecule has 12 heteroatoms. The third kappa shape index (κ3) is 6.52. The molecular weight excluding hydrogens is 682 g/mol. The Morgan fingerprint density at radius 2 is 1.04 bits per heavy atom. The van der Waals surface area contributed by atoms with Crippen LogP contribution in [0.1, 0.15) is 51.1 Å². The van der Waals surface area contributed by atoms with Crippen LogP contribution in [0.3, 0.4) is 0 Å². The number of hydrogen-bond acceptors (Lipinski definition) is 8. The van der Waals surface area contributed by atoms with Crippen molar-refractivity contribution in [3.63, 3.8) is 0 Å². The van der Waals surface area contributed by atoms with Gasteiger partial charge in [0.2, 0.25) is 0 Å². The molecule has 4 aliphatic heterocycles. The number of benzene rings is 4. The molecule has 0 radical (unpaired) electrons. The summed E-state index contributed by atoms with van der Waals surface area (Å²) in [6.45, 7) is 0.545. The van der Waals surface area contributed by atoms with E-state index in [4.69, 9.17) is 18.9 Å². The SMILES string of the molecule is COc1cc2c(cc1OCCCOc1cc3c(cc1OC)C(=O)N1C=C(c4ccc(F)cc4)C[C@H]1C=N3)N=C[C@@H]1CC(c3ccc(F)cc3)=CN1C2=O. The topological polar surface area (TPSA) is 102 Å². The van der Waals surface area contributed by atoms with E-state index in [2.05, 4.69) is 9.98 Å². The van der Waals surface area contributed by atoms with Gasteiger partial charge in [0.25, 0.3) is 11.8 Å². The van der Waals surface area contributed by atoms with Crippen LogP contribution in [0.5, 0.6) is 23.0 Å². The van der Waals surface area contributed by atoms with Crippen LogP contribution in [-0.2, 0) is 0 Å². The second-order valence-corrected chi connectivity index (χ2v) is 12.9. The zero-order chi connectivity index (χ0) is 36.6. The number of fused-ring (bicyclic) bond motifs is 4. The van der Waals surface area contributed by atoms with E-state index in [1.54, 1.807) is 83.2 Å². The Kier molecular flexibility index (Phi) is 8.95. The lowest BCUT2D eigenvalue weighted by atomic mass is 10.0. The highest BCUT2D eigenvalue weighted by molar-refractivity contribution is 6.06. The number of carbonyl (C=O) groups excluding carboxylic acids is 2. The quantitative estimate of drug-likeness (QED) is 0.156. The number of amides is 2. The van der Waals surface area contributed by atoms with Gasteiger partial charge in [-0.1, -0.05) is 24.3 Å². The standard InChI is InChI=1S/C41H34F2N4O6/c1-50-36-16-32-34(44-20-30-14-26(22-46(30)40(32)48)24-4-8-28(42)9-5-24)18-38(36)52-12-3-13-53-39-19-35-33(17-37(39)51-2)41(49)47-23-27(15-31(47)21-45-35)25-6-10-29(43)11-7-25/h4-11,16-23,30-31H,3,12-15H2,1-2H3/t30-,31-/m0/s1. The number of rotatable bonds is 10. The predicted molar refractivity (Wildman–Crippen MR) is 196 cm³/mol. The van der Waals surface area contributed by atoms with Gasteiger partial charge in [-0.2, -0.15) is 0 Å². The number of ether oxygens (including phenoxy) is 4. The first-order valence-corrected chi connectivity index (χ1v) is 17.2. The fourth-order valence-corrected chi connectivity index (χ4v) is 6.89. The number of carbonyl (C=O) groups is 2. The highest BCUT2D eigenvalue weighted by Crippen LogP contribution is 2.41. The molecule has 0 N–H and O–H groups in total. The summed E-state index contributed by atoms with van der Waals surface area (Å²) >= 11 is 0. The summed E-state index contributed by atoms with van der Waals surface area (Å²) < 4.78 is 50.3. The van der Waals surface area contributed by atoms with Crippen molar-refractivity contribution in [3.05, 3.63) is 119 Å². The van der Waals surface area contributed by atoms with Crippen LogP contribution in [0.2, 0.25) is 0 Å². The van der Waals surface area contributed by atoms with Crippen molar-refractivity contribution in [3.8, 4) is 23.0 Å². The summed E-state index contributed by atoms with van der Waals surface area (Å²) in [5.74, 6) is 0.596. The number of aliphatic imine (C=N–C) groups is 2. The third-order valence-corrected chi connectivity index (χ3v) is 9.66. The normalized spacial score (nSPS) is 18.3. The van der Waals surface area contributed by atoms with Gasteiger partial charge in [-0.05, 0) is 58.7 Å². The Labute approximate surface area is 304 Å². The smallest absolute Gasteiger partial charge is 0.260 e. The summed E-state index contributed by atoms with van der Waals surface area (Å²) in [5, 5.41) is 0. The second kappa shape index (κ2) is 14.0. The Bertz CT molecular complexity index is 2080. The minimum Gasteiger partial charge on any atom is -0.493 e. The Hall–Kier alpha value is -6.30. The molecular formula is C41H34F2N4O6. The van der Waals surface area contributed by atoms with Crippen molar-refractivity contribution in [1.82, 2.24) is 9.80 Å². The molecule has 53 heavy (non-hydrogen) atoms. The lowest BCUT2D eigenvalue weighted by molar-refractivity contribution is 0.0809. The van der Waals surface area contributed by atoms with Crippen LogP contribution >= 0.6 is 0 Å². The molecule has 0 aliphatic carbocycles. The van der Waals surface area contributed by atoms with Gasteiger partial charge in [0.15, 0.2) is 23.0 Å². The second-order valence-electron chi connectivity index (χ2n) is 12.9. The van der Waals surface area contributed by atoms with E-state index >= 15 is 0 Å². The van der Waals surface area contributed by atoms with Gasteiger partial charge < -0.3 is 28.7 Å². The maximum Gasteiger partial charge on any atom is 0.260 e. The van der Waals surface area contributed by atoms with E-state index in [1.807, 2.05) is 0 Å². The Morgan fingerprint density at radius 1 is 0.623 bits per heavy atom. The molecule has 0 bridgehead atoms. The fraction of sp³-hybridized carbons (Fsp3) is 0.220. The molecule has 10 nitrogen and oxygen atoms in total. The first kappa shape index (κ1) is 33.8. The zero-order valence-electron chi connectivity index (χ0n) is 28.9. The van der Waals surface area contributed by atoms with Gasteiger partial charge in [-0.15, -0.1) is 0 Å². The molecule has 0 unspecified atom stereocenters. The highest BCUT2D eigenvalue weighted by atomic mass is 19.1. The molecule has 8 rings (SSSR count). The molecule has 4 heterocycles. The molecule has 2 atom stereocenters. The van der Waals surface area contributed by atoms with E-state index in [0.29, 0.717) is 64.8 Å². The van der Waals surface area contributed by atoms with Crippen molar-refractivity contribution in [2.24, 2.45) is 9.98 Å². The molecule has 0 aromatic heterocycles. The molecule has 0 saturated heterocycles. The van der Waals surface area contributed by atoms with Gasteiger partial charge in [-0.25, -0.2) is 8.78 Å². The van der Waals surface area contributed by atoms with Crippen molar-refractivity contribution < 1.29 is 37.3 Å². The molecule has 0 fully saturated rings. The van der Waals surface area contributed by atoms with Crippen LogP contribution < -0.4 is 18.9 Å². The summed E-state index contributed by atoms with van der Waals surface area (Å²) in [7, 11) is 3.02. The predicted octanol–water partition coefficient (Wildman–Crippen LogP) is 7.77. The van der Waals surface area contributed by atoms with Crippen LogP contribution in [0.25, 0.3) is 11.1 Å². The van der Waals surface area contributed by atoms with Crippen molar-refractivity contribution >= 4 is 46.8 Å². The lowest BCUT2D eigenvalue weighted by Gasteiger charge is -2.19. The van der Waals surface area contributed by atoms with Crippen LogP contribution in [-0.4, -0.2) is 73.6 Å². The number of hydrogen-bond donors (Lipinski definition) is 0. The molecule has 0 saturated carbocycles. The van der Waals surface area contributed by atoms with E-state index < -0.39 is 0 Å². The minimum absolute atomic E-state index is 0.217. The summed E-state index contributed by atoms with van der Waals surface area (Å²) in [4.78, 5) is 39.9. The van der Waals surface area contributed by atoms with Crippen LogP contribution in [0, 0.1) is 11.6 Å². The summed E-state index contributed by atoms with van der Waals surface area (Å²) in [6.07, 6.45) is 8.70. The number of methoxy groups -OCH3 is 2. The molecule has 4 aromatic rings. The van der Waals surface area contributed by atoms with Crippen LogP contribution in [0.4, 0.5) is 20.2 Å². The van der Waals surface area contributed by atoms with Gasteiger partial charge in [0.1, 0.15) is 11.6 Å². The van der Waals surface area contributed by atoms with E-state index in [1.165, 1.54) is 38.5 Å². The summed E-state index contributed by atoms with van der Waals surface area (Å²) in [5.41, 5.74) is 5.27. The summed E-state index contributed by atoms with van der Waals surface area (Å²) in [6, 6.07) is 18.6. The first-order valence-electron chi connectivity index (χ1n) is 17.2. The number of nitrogens with zero attached hydrogens (tertiary/aromatic N) is 4. The van der Waals surface area contributed by atoms with Gasteiger partial charge in [0, 0.05) is 56.2 Å². The average Bonchev–Trinajstić information content (AvgIpc) is 3.75. The van der Waals surface area contributed by atoms with Crippen molar-refractivity contribution in [2.75, 3.05) is 27.4 Å². The fourth-order valence-electron chi connectivity index (χ4n) is 6.89. The minimum atomic E-state index is -0.315. The molecule has 4 aliphatic rings. The maximum atomic E-state index is 13.6. The van der Waals surface area contributed by atoms with Gasteiger partial charge >= 0.3 is 0 Å². The van der Waals surface area contributed by atoms with E-state index in [0.717, 1.165) is 22.3 Å².